The molecule has 3 rings (SSSR count). The first-order valence-electron chi connectivity index (χ1n) is 5.31. The molecule has 2 aromatic carbocycles. The Kier molecular flexibility index (Phi) is 2.92. The predicted octanol–water partition coefficient (Wildman–Crippen LogP) is 3.59. The molecule has 0 saturated carbocycles. The third-order valence-corrected chi connectivity index (χ3v) is 5.96. The molecule has 0 N–H and O–H groups in total. The molecular weight excluding hydrogens is 396 g/mol. The fraction of sp³-hybridized carbons (Fsp3) is 0. The summed E-state index contributed by atoms with van der Waals surface area (Å²) >= 11 is 6.48. The first-order valence-corrected chi connectivity index (χ1v) is 8.37. The van der Waals surface area contributed by atoms with E-state index in [0.717, 1.165) is 0 Å². The molecule has 0 fully saturated rings. The molecule has 0 atom stereocenters. The van der Waals surface area contributed by atoms with E-state index in [2.05, 4.69) is 31.9 Å². The van der Waals surface area contributed by atoms with Crippen LogP contribution in [-0.2, 0) is 9.84 Å². The third kappa shape index (κ3) is 1.81. The first kappa shape index (κ1) is 13.0. The minimum absolute atomic E-state index is 0.0532. The molecule has 1 aliphatic rings. The molecule has 0 radical (unpaired) electrons. The molecule has 19 heavy (non-hydrogen) atoms. The van der Waals surface area contributed by atoms with Gasteiger partial charge in [-0.3, -0.25) is 4.79 Å². The standard InChI is InChI=1S/C13H6Br2O3S/c14-7-4-5-8-11(6-7)19(17,18)10-3-1-2-9(15)12(10)13(8)16/h1-6H. The normalized spacial score (nSPS) is 15.8. The Labute approximate surface area is 126 Å². The highest BCUT2D eigenvalue weighted by molar-refractivity contribution is 9.10. The van der Waals surface area contributed by atoms with Crippen LogP contribution in [0, 0.1) is 0 Å². The van der Waals surface area contributed by atoms with E-state index in [4.69, 9.17) is 0 Å². The Balaban J connectivity index is 2.47. The molecule has 96 valence electrons. The van der Waals surface area contributed by atoms with E-state index < -0.39 is 9.84 Å². The maximum Gasteiger partial charge on any atom is 0.208 e. The molecule has 3 nitrogen and oxygen atoms in total. The van der Waals surface area contributed by atoms with Crippen LogP contribution in [0.1, 0.15) is 15.9 Å². The van der Waals surface area contributed by atoms with Gasteiger partial charge in [0.2, 0.25) is 9.84 Å². The first-order chi connectivity index (χ1) is 8.93. The number of hydrogen-bond donors (Lipinski definition) is 0. The van der Waals surface area contributed by atoms with Crippen LogP contribution in [0.3, 0.4) is 0 Å². The van der Waals surface area contributed by atoms with E-state index in [-0.39, 0.29) is 26.7 Å². The minimum atomic E-state index is -3.66. The van der Waals surface area contributed by atoms with Crippen LogP contribution >= 0.6 is 31.9 Å². The van der Waals surface area contributed by atoms with Crippen molar-refractivity contribution in [2.75, 3.05) is 0 Å². The number of sulfone groups is 1. The number of hydrogen-bond acceptors (Lipinski definition) is 3. The second kappa shape index (κ2) is 4.26. The highest BCUT2D eigenvalue weighted by Gasteiger charge is 2.35. The summed E-state index contributed by atoms with van der Waals surface area (Å²) in [5.74, 6) is -0.278. The van der Waals surface area contributed by atoms with Gasteiger partial charge in [-0.1, -0.05) is 22.0 Å². The van der Waals surface area contributed by atoms with Crippen LogP contribution in [0.4, 0.5) is 0 Å². The lowest BCUT2D eigenvalue weighted by Crippen LogP contribution is -2.20. The van der Waals surface area contributed by atoms with Crippen LogP contribution < -0.4 is 0 Å². The van der Waals surface area contributed by atoms with E-state index in [0.29, 0.717) is 8.95 Å². The minimum Gasteiger partial charge on any atom is -0.288 e. The van der Waals surface area contributed by atoms with Gasteiger partial charge in [0, 0.05) is 14.5 Å². The van der Waals surface area contributed by atoms with Gasteiger partial charge in [0.15, 0.2) is 5.78 Å². The Morgan fingerprint density at radius 1 is 0.947 bits per heavy atom. The average Bonchev–Trinajstić information content (AvgIpc) is 2.36. The highest BCUT2D eigenvalue weighted by Crippen LogP contribution is 2.38. The van der Waals surface area contributed by atoms with E-state index in [9.17, 15) is 13.2 Å². The molecule has 6 heteroatoms. The molecule has 0 unspecified atom stereocenters. The SMILES string of the molecule is O=C1c2ccc(Br)cc2S(=O)(=O)c2cccc(Br)c21. The Hall–Kier alpha value is -0.980. The molecule has 0 saturated heterocycles. The Morgan fingerprint density at radius 3 is 2.42 bits per heavy atom. The maximum atomic E-state index is 12.6. The fourth-order valence-corrected chi connectivity index (χ4v) is 5.00. The summed E-state index contributed by atoms with van der Waals surface area (Å²) < 4.78 is 26.2. The van der Waals surface area contributed by atoms with Crippen molar-refractivity contribution in [1.82, 2.24) is 0 Å². The fourth-order valence-electron chi connectivity index (χ4n) is 2.11. The van der Waals surface area contributed by atoms with Gasteiger partial charge >= 0.3 is 0 Å². The average molecular weight is 402 g/mol. The summed E-state index contributed by atoms with van der Waals surface area (Å²) in [6, 6.07) is 9.38. The van der Waals surface area contributed by atoms with Crippen LogP contribution in [0.15, 0.2) is 55.1 Å². The van der Waals surface area contributed by atoms with Crippen LogP contribution in [0.2, 0.25) is 0 Å². The number of carbonyl (C=O) groups is 1. The molecule has 1 aliphatic heterocycles. The van der Waals surface area contributed by atoms with Gasteiger partial charge in [0.1, 0.15) is 0 Å². The molecule has 1 heterocycles. The number of fused-ring (bicyclic) bond motifs is 2. The van der Waals surface area contributed by atoms with Crippen molar-refractivity contribution in [3.8, 4) is 0 Å². The van der Waals surface area contributed by atoms with Gasteiger partial charge in [-0.25, -0.2) is 8.42 Å². The quantitative estimate of drug-likeness (QED) is 0.578. The van der Waals surface area contributed by atoms with Gasteiger partial charge in [-0.15, -0.1) is 0 Å². The van der Waals surface area contributed by atoms with Gasteiger partial charge in [0.25, 0.3) is 0 Å². The van der Waals surface area contributed by atoms with Crippen molar-refractivity contribution in [2.24, 2.45) is 0 Å². The summed E-state index contributed by atoms with van der Waals surface area (Å²) in [5, 5.41) is 0. The lowest BCUT2D eigenvalue weighted by molar-refractivity contribution is 0.103. The topological polar surface area (TPSA) is 51.2 Å². The van der Waals surface area contributed by atoms with Gasteiger partial charge in [-0.05, 0) is 46.3 Å². The van der Waals surface area contributed by atoms with E-state index >= 15 is 0 Å². The third-order valence-electron chi connectivity index (χ3n) is 2.97. The Bertz CT molecular complexity index is 818. The van der Waals surface area contributed by atoms with Crippen LogP contribution in [0.25, 0.3) is 0 Å². The molecule has 2 aromatic rings. The highest BCUT2D eigenvalue weighted by atomic mass is 79.9. The maximum absolute atomic E-state index is 12.6. The molecule has 0 aliphatic carbocycles. The van der Waals surface area contributed by atoms with Gasteiger partial charge in [0.05, 0.1) is 15.4 Å². The lowest BCUT2D eigenvalue weighted by Gasteiger charge is -2.19. The van der Waals surface area contributed by atoms with E-state index in [1.54, 1.807) is 18.2 Å². The van der Waals surface area contributed by atoms with Crippen LogP contribution in [0.5, 0.6) is 0 Å². The monoisotopic (exact) mass is 400 g/mol. The smallest absolute Gasteiger partial charge is 0.208 e. The summed E-state index contributed by atoms with van der Waals surface area (Å²) in [4.78, 5) is 12.5. The van der Waals surface area contributed by atoms with Crippen molar-refractivity contribution < 1.29 is 13.2 Å². The summed E-state index contributed by atoms with van der Waals surface area (Å²) in [7, 11) is -3.66. The predicted molar refractivity (Wildman–Crippen MR) is 77.2 cm³/mol. The molecular formula is C13H6Br2O3S. The van der Waals surface area contributed by atoms with E-state index in [1.807, 2.05) is 0 Å². The zero-order valence-electron chi connectivity index (χ0n) is 9.35. The van der Waals surface area contributed by atoms with Crippen molar-refractivity contribution in [1.29, 1.82) is 0 Å². The van der Waals surface area contributed by atoms with Crippen molar-refractivity contribution >= 4 is 47.5 Å². The molecule has 0 spiro atoms. The largest absolute Gasteiger partial charge is 0.288 e. The summed E-state index contributed by atoms with van der Waals surface area (Å²) in [5.41, 5.74) is 0.417. The molecule has 0 bridgehead atoms. The number of benzene rings is 2. The second-order valence-corrected chi connectivity index (χ2v) is 7.74. The zero-order chi connectivity index (χ0) is 13.8. The second-order valence-electron chi connectivity index (χ2n) is 4.09. The van der Waals surface area contributed by atoms with Crippen molar-refractivity contribution in [2.45, 2.75) is 9.79 Å². The number of carbonyl (C=O) groups excluding carboxylic acids is 1. The van der Waals surface area contributed by atoms with Gasteiger partial charge in [-0.2, -0.15) is 0 Å². The number of halogens is 2. The Morgan fingerprint density at radius 2 is 1.68 bits per heavy atom. The van der Waals surface area contributed by atoms with E-state index in [1.165, 1.54) is 18.2 Å². The number of ketones is 1. The summed E-state index contributed by atoms with van der Waals surface area (Å²) in [6.45, 7) is 0. The van der Waals surface area contributed by atoms with Crippen LogP contribution in [-0.4, -0.2) is 14.2 Å². The van der Waals surface area contributed by atoms with Crippen molar-refractivity contribution in [3.63, 3.8) is 0 Å². The summed E-state index contributed by atoms with van der Waals surface area (Å²) in [6.07, 6.45) is 0. The lowest BCUT2D eigenvalue weighted by atomic mass is 10.0. The van der Waals surface area contributed by atoms with Gasteiger partial charge < -0.3 is 0 Å². The zero-order valence-corrected chi connectivity index (χ0v) is 13.3. The molecule has 0 amide bonds. The number of rotatable bonds is 0. The van der Waals surface area contributed by atoms with Crippen molar-refractivity contribution in [3.05, 3.63) is 56.5 Å². The molecule has 0 aromatic heterocycles.